The van der Waals surface area contributed by atoms with E-state index in [1.807, 2.05) is 105 Å². The van der Waals surface area contributed by atoms with Crippen LogP contribution in [0.3, 0.4) is 0 Å². The van der Waals surface area contributed by atoms with Crippen LogP contribution in [0.1, 0.15) is 136 Å². The number of ether oxygens (including phenoxy) is 3. The second kappa shape index (κ2) is 35.6. The van der Waals surface area contributed by atoms with E-state index in [0.29, 0.717) is 146 Å². The summed E-state index contributed by atoms with van der Waals surface area (Å²) in [6.07, 6.45) is 9.12. The Bertz CT molecular complexity index is 6350. The molecular formula is C103H105BrF4N12O12. The minimum atomic E-state index is -0.796. The molecule has 6 atom stereocenters. The summed E-state index contributed by atoms with van der Waals surface area (Å²) < 4.78 is 86.3. The summed E-state index contributed by atoms with van der Waals surface area (Å²) in [5.41, 5.74) is 9.91. The average molecular weight is 1860 g/mol. The molecular weight excluding hydrogens is 1750 g/mol. The molecule has 132 heavy (non-hydrogen) atoms. The second-order valence-electron chi connectivity index (χ2n) is 36.0. The average Bonchev–Trinajstić information content (AvgIpc) is 0.714. The summed E-state index contributed by atoms with van der Waals surface area (Å²) in [4.78, 5) is 108. The smallest absolute Gasteiger partial charge is 0.264 e. The number of benzene rings is 6. The van der Waals surface area contributed by atoms with Gasteiger partial charge in [-0.25, -0.2) is 17.6 Å². The van der Waals surface area contributed by atoms with E-state index in [-0.39, 0.29) is 124 Å². The number of phenols is 3. The summed E-state index contributed by atoms with van der Waals surface area (Å²) in [6.45, 7) is 45.3. The van der Waals surface area contributed by atoms with Gasteiger partial charge in [-0.15, -0.1) is 0 Å². The molecule has 3 N–H and O–H groups in total. The molecule has 12 heterocycles. The quantitative estimate of drug-likeness (QED) is 0.0758. The van der Waals surface area contributed by atoms with Crippen molar-refractivity contribution in [1.82, 2.24) is 43.4 Å². The Hall–Kier alpha value is -13.6. The minimum Gasteiger partial charge on any atom is -0.506 e. The number of aromatic nitrogens is 6. The molecule has 6 unspecified atom stereocenters. The van der Waals surface area contributed by atoms with Gasteiger partial charge in [0.05, 0.1) is 72.9 Å². The zero-order valence-corrected chi connectivity index (χ0v) is 78.2. The molecule has 0 radical (unpaired) electrons. The van der Waals surface area contributed by atoms with E-state index in [2.05, 4.69) is 64.3 Å². The van der Waals surface area contributed by atoms with Crippen LogP contribution in [-0.2, 0) is 14.4 Å². The van der Waals surface area contributed by atoms with Crippen molar-refractivity contribution in [2.45, 2.75) is 165 Å². The monoisotopic (exact) mass is 1860 g/mol. The summed E-state index contributed by atoms with van der Waals surface area (Å²) in [5.74, 6) is -3.21. The minimum absolute atomic E-state index is 0.0164. The van der Waals surface area contributed by atoms with Gasteiger partial charge in [0.2, 0.25) is 17.7 Å². The highest BCUT2D eigenvalue weighted by Gasteiger charge is 2.46. The Labute approximate surface area is 769 Å². The summed E-state index contributed by atoms with van der Waals surface area (Å²) in [6, 6.07) is 21.8. The first-order valence-electron chi connectivity index (χ1n) is 44.2. The molecule has 6 aromatic heterocycles. The van der Waals surface area contributed by atoms with Gasteiger partial charge >= 0.3 is 0 Å². The van der Waals surface area contributed by atoms with Crippen molar-refractivity contribution in [2.24, 2.45) is 0 Å². The molecule has 3 fully saturated rings. The number of phenolic OH excluding ortho intramolecular Hbond substituents is 3. The molecule has 12 aromatic rings. The Morgan fingerprint density at radius 1 is 0.417 bits per heavy atom. The van der Waals surface area contributed by atoms with Gasteiger partial charge in [-0.1, -0.05) is 79.5 Å². The SMILES string of the molecule is C=CC(=O)N1CC2COc3c(Br)c(-c4c(C)ccnc4C(C)C)c4c(=O)n(-c5c(O)cccc5F)c(C)cc4c3N2CC1C.C=CC(=O)N1CC2COc3c(C)c(-c4c(C)ccnc4C(C)C)c4c(=O)n(-c5c(O)cccc5F)c(C)cc4c3N2CC1C.C=CC(=O)N1CC2COc3c(F)c(-c4c(C)ccnc4C(C)C)c4c(=O)n(-c5c(O)cccc5F)c(C)cc4c3N2CC1C. The lowest BCUT2D eigenvalue weighted by molar-refractivity contribution is -0.130. The Morgan fingerprint density at radius 2 is 0.712 bits per heavy atom. The number of pyridine rings is 6. The van der Waals surface area contributed by atoms with Gasteiger partial charge in [0, 0.05) is 148 Å². The first kappa shape index (κ1) is 91.7. The molecule has 6 aliphatic rings. The van der Waals surface area contributed by atoms with Crippen molar-refractivity contribution in [3.63, 3.8) is 0 Å². The fourth-order valence-electron chi connectivity index (χ4n) is 20.3. The lowest BCUT2D eigenvalue weighted by Crippen LogP contribution is -2.62. The molecule has 24 nitrogen and oxygen atoms in total. The number of amides is 3. The Kier molecular flexibility index (Phi) is 24.7. The van der Waals surface area contributed by atoms with Crippen molar-refractivity contribution in [1.29, 1.82) is 0 Å². The number of anilines is 3. The van der Waals surface area contributed by atoms with Crippen LogP contribution in [0, 0.1) is 71.7 Å². The van der Waals surface area contributed by atoms with E-state index in [1.54, 1.807) is 66.2 Å². The van der Waals surface area contributed by atoms with Gasteiger partial charge < -0.3 is 58.9 Å². The Morgan fingerprint density at radius 3 is 1.05 bits per heavy atom. The number of aromatic hydroxyl groups is 3. The number of fused-ring (bicyclic) bond motifs is 15. The van der Waals surface area contributed by atoms with E-state index < -0.39 is 45.7 Å². The van der Waals surface area contributed by atoms with Gasteiger partial charge in [-0.3, -0.25) is 57.4 Å². The molecule has 18 rings (SSSR count). The number of nitrogens with zero attached hydrogens (tertiary/aromatic N) is 12. The van der Waals surface area contributed by atoms with Gasteiger partial charge in [-0.2, -0.15) is 0 Å². The summed E-state index contributed by atoms with van der Waals surface area (Å²) >= 11 is 3.85. The first-order valence-corrected chi connectivity index (χ1v) is 45.0. The molecule has 0 saturated carbocycles. The van der Waals surface area contributed by atoms with Crippen LogP contribution in [0.5, 0.6) is 34.5 Å². The van der Waals surface area contributed by atoms with Crippen LogP contribution >= 0.6 is 15.9 Å². The van der Waals surface area contributed by atoms with Gasteiger partial charge in [0.25, 0.3) is 16.7 Å². The topological polar surface area (TPSA) is 264 Å². The number of rotatable bonds is 12. The molecule has 3 saturated heterocycles. The van der Waals surface area contributed by atoms with Crippen LogP contribution in [-0.4, -0.2) is 172 Å². The van der Waals surface area contributed by atoms with E-state index in [1.165, 1.54) is 75.9 Å². The third-order valence-electron chi connectivity index (χ3n) is 26.4. The number of halogens is 5. The number of hydrogen-bond donors (Lipinski definition) is 3. The zero-order chi connectivity index (χ0) is 94.8. The fourth-order valence-corrected chi connectivity index (χ4v) is 21.0. The number of aryl methyl sites for hydroxylation is 6. The molecule has 6 aliphatic heterocycles. The lowest BCUT2D eigenvalue weighted by Gasteiger charge is -2.49. The van der Waals surface area contributed by atoms with E-state index >= 15 is 17.6 Å². The molecule has 6 aromatic carbocycles. The number of piperazine rings is 3. The van der Waals surface area contributed by atoms with Gasteiger partial charge in [-0.05, 0) is 211 Å². The maximum absolute atomic E-state index is 17.2. The molecule has 0 bridgehead atoms. The van der Waals surface area contributed by atoms with Crippen molar-refractivity contribution < 1.29 is 61.5 Å². The van der Waals surface area contributed by atoms with E-state index in [9.17, 15) is 44.1 Å². The predicted molar refractivity (Wildman–Crippen MR) is 510 cm³/mol. The van der Waals surface area contributed by atoms with E-state index in [4.69, 9.17) is 24.2 Å². The summed E-state index contributed by atoms with van der Waals surface area (Å²) in [7, 11) is 0. The fraction of sp³-hybridized carbons (Fsp3) is 0.330. The van der Waals surface area contributed by atoms with Crippen molar-refractivity contribution in [3.05, 3.63) is 263 Å². The maximum Gasteiger partial charge on any atom is 0.264 e. The van der Waals surface area contributed by atoms with Crippen LogP contribution in [0.25, 0.3) is 82.8 Å². The van der Waals surface area contributed by atoms with Crippen LogP contribution in [0.2, 0.25) is 0 Å². The third kappa shape index (κ3) is 15.2. The van der Waals surface area contributed by atoms with Gasteiger partial charge in [0.15, 0.2) is 34.8 Å². The summed E-state index contributed by atoms with van der Waals surface area (Å²) in [5, 5.41) is 34.7. The van der Waals surface area contributed by atoms with Crippen molar-refractivity contribution in [2.75, 3.05) is 73.8 Å². The molecule has 0 aliphatic carbocycles. The number of carbonyl (C=O) groups is 3. The highest BCUT2D eigenvalue weighted by atomic mass is 79.9. The lowest BCUT2D eigenvalue weighted by atomic mass is 9.86. The number of hydrogen-bond acceptors (Lipinski definition) is 18. The molecule has 29 heteroatoms. The van der Waals surface area contributed by atoms with Crippen molar-refractivity contribution in [3.8, 4) is 84.9 Å². The van der Waals surface area contributed by atoms with Gasteiger partial charge in [0.1, 0.15) is 59.9 Å². The zero-order valence-electron chi connectivity index (χ0n) is 76.6. The highest BCUT2D eigenvalue weighted by Crippen LogP contribution is 2.56. The van der Waals surface area contributed by atoms with Crippen LogP contribution in [0.15, 0.2) is 166 Å². The first-order chi connectivity index (χ1) is 62.9. The standard InChI is InChI=1S/C35H37FN4O4.C34H34BrFN4O4.C34H34F2N4O4/c1-8-27(42)38-16-23-17-44-34-22(7)29(28-19(4)12-13-37-31(28)18(2)3)30-24(32(34)39(23)15-21(38)6)14-20(5)40(35(30)43)33-25(36)10-9-11-26(33)41;1-7-25(42)38-15-21-16-44-33-29(35)28(26-18(4)11-12-37-30(26)17(2)3)27-22(31(33)39(21)14-20(38)6)13-19(5)40(34(27)43)32-23(36)9-8-10-24(32)41;1-7-25(42)38-15-21-16-44-33-29(36)28(26-18(4)11-12-37-30(26)17(2)3)27-22(31(33)39(21)14-20(38)6)13-19(5)40(34(27)43)32-23(35)9-8-10-24(32)41/h8-14,18,21,23,41H,1,15-17H2,2-7H3;2*7-13,17,20-21,41H,1,14-16H2,2-6H3. The van der Waals surface area contributed by atoms with Crippen molar-refractivity contribution >= 4 is 83.0 Å². The number of para-hydroxylation sites is 3. The maximum atomic E-state index is 17.2. The largest absolute Gasteiger partial charge is 0.506 e. The third-order valence-corrected chi connectivity index (χ3v) is 27.2. The highest BCUT2D eigenvalue weighted by molar-refractivity contribution is 9.10. The molecule has 3 amide bonds. The predicted octanol–water partition coefficient (Wildman–Crippen LogP) is 18.1. The molecule has 684 valence electrons. The van der Waals surface area contributed by atoms with E-state index in [0.717, 1.165) is 61.2 Å². The Balaban J connectivity index is 0.000000144. The normalized spacial score (nSPS) is 17.8. The van der Waals surface area contributed by atoms with Crippen LogP contribution < -0.4 is 45.6 Å². The second-order valence-corrected chi connectivity index (χ2v) is 36.8. The number of carbonyl (C=O) groups excluding carboxylic acids is 3. The van der Waals surface area contributed by atoms with Crippen LogP contribution in [0.4, 0.5) is 34.6 Å². The molecule has 0 spiro atoms.